The van der Waals surface area contributed by atoms with Crippen LogP contribution in [0.3, 0.4) is 0 Å². The third-order valence-corrected chi connectivity index (χ3v) is 6.21. The molecule has 0 aliphatic rings. The largest absolute Gasteiger partial charge is 0.489 e. The van der Waals surface area contributed by atoms with Crippen LogP contribution < -0.4 is 9.47 Å². The molecule has 4 aromatic rings. The van der Waals surface area contributed by atoms with Gasteiger partial charge in [0.15, 0.2) is 6.29 Å². The summed E-state index contributed by atoms with van der Waals surface area (Å²) in [4.78, 5) is 0. The molecule has 0 aliphatic carbocycles. The normalized spacial score (nSPS) is 11.9. The Balaban J connectivity index is 1.47. The van der Waals surface area contributed by atoms with Crippen molar-refractivity contribution in [3.05, 3.63) is 131 Å². The lowest BCUT2D eigenvalue weighted by Crippen LogP contribution is -2.18. The minimum absolute atomic E-state index is 0.426. The van der Waals surface area contributed by atoms with E-state index in [1.807, 2.05) is 103 Å². The molecule has 0 fully saturated rings. The molecule has 1 atom stereocenters. The van der Waals surface area contributed by atoms with Crippen LogP contribution in [0.15, 0.2) is 103 Å². The van der Waals surface area contributed by atoms with Crippen LogP contribution >= 0.6 is 0 Å². The molecular formula is C32H34O5. The maximum Gasteiger partial charge on any atom is 0.160 e. The van der Waals surface area contributed by atoms with Crippen LogP contribution in [0.25, 0.3) is 0 Å². The van der Waals surface area contributed by atoms with Gasteiger partial charge in [-0.25, -0.2) is 0 Å². The van der Waals surface area contributed by atoms with E-state index in [1.54, 1.807) is 14.2 Å². The van der Waals surface area contributed by atoms with Gasteiger partial charge in [0, 0.05) is 27.1 Å². The van der Waals surface area contributed by atoms with Gasteiger partial charge in [0.2, 0.25) is 0 Å². The first-order valence-corrected chi connectivity index (χ1v) is 12.4. The monoisotopic (exact) mass is 498 g/mol. The molecule has 0 bridgehead atoms. The minimum Gasteiger partial charge on any atom is -0.489 e. The first-order valence-electron chi connectivity index (χ1n) is 12.4. The van der Waals surface area contributed by atoms with E-state index in [2.05, 4.69) is 0 Å². The molecule has 1 N–H and O–H groups in total. The second kappa shape index (κ2) is 13.6. The van der Waals surface area contributed by atoms with E-state index in [4.69, 9.17) is 18.9 Å². The Labute approximate surface area is 219 Å². The number of benzene rings is 4. The highest BCUT2D eigenvalue weighted by Crippen LogP contribution is 2.29. The predicted molar refractivity (Wildman–Crippen MR) is 145 cm³/mol. The minimum atomic E-state index is -0.711. The van der Waals surface area contributed by atoms with Gasteiger partial charge < -0.3 is 24.1 Å². The van der Waals surface area contributed by atoms with Gasteiger partial charge in [0.05, 0.1) is 6.10 Å². The van der Waals surface area contributed by atoms with Gasteiger partial charge in [-0.3, -0.25) is 0 Å². The van der Waals surface area contributed by atoms with Crippen LogP contribution in [-0.4, -0.2) is 25.6 Å². The molecule has 4 rings (SSSR count). The van der Waals surface area contributed by atoms with Crippen molar-refractivity contribution in [3.8, 4) is 11.5 Å². The first kappa shape index (κ1) is 26.4. The summed E-state index contributed by atoms with van der Waals surface area (Å²) in [5.74, 6) is 1.51. The molecule has 0 spiro atoms. The van der Waals surface area contributed by atoms with E-state index in [0.717, 1.165) is 39.3 Å². The maximum atomic E-state index is 11.2. The highest BCUT2D eigenvalue weighted by molar-refractivity contribution is 5.39. The Hall–Kier alpha value is -3.64. The standard InChI is InChI=1S/C32H34O5/c1-34-32(35-2)21-27-20-29(37-23-25-12-7-4-8-13-25)16-17-30(27)31(33)19-26-14-9-15-28(18-26)36-22-24-10-5-3-6-11-24/h3-18,20,31-33H,19,21-23H2,1-2H3/t31-/m0/s1. The van der Waals surface area contributed by atoms with Gasteiger partial charge in [-0.2, -0.15) is 0 Å². The summed E-state index contributed by atoms with van der Waals surface area (Å²) < 4.78 is 22.9. The second-order valence-electron chi connectivity index (χ2n) is 8.88. The lowest BCUT2D eigenvalue weighted by atomic mass is 9.95. The van der Waals surface area contributed by atoms with Crippen molar-refractivity contribution in [2.45, 2.75) is 38.4 Å². The predicted octanol–water partition coefficient (Wildman–Crippen LogP) is 6.28. The molecule has 0 aliphatic heterocycles. The van der Waals surface area contributed by atoms with Gasteiger partial charge in [0.25, 0.3) is 0 Å². The van der Waals surface area contributed by atoms with E-state index >= 15 is 0 Å². The van der Waals surface area contributed by atoms with Crippen LogP contribution in [0.4, 0.5) is 0 Å². The summed E-state index contributed by atoms with van der Waals surface area (Å²) in [6.45, 7) is 0.965. The molecular weight excluding hydrogens is 464 g/mol. The fourth-order valence-corrected chi connectivity index (χ4v) is 4.19. The molecule has 0 unspecified atom stereocenters. The smallest absolute Gasteiger partial charge is 0.160 e. The van der Waals surface area contributed by atoms with Crippen molar-refractivity contribution in [3.63, 3.8) is 0 Å². The summed E-state index contributed by atoms with van der Waals surface area (Å²) in [5.41, 5.74) is 4.93. The summed E-state index contributed by atoms with van der Waals surface area (Å²) >= 11 is 0. The number of methoxy groups -OCH3 is 2. The van der Waals surface area contributed by atoms with Crippen LogP contribution in [0, 0.1) is 0 Å². The van der Waals surface area contributed by atoms with Crippen molar-refractivity contribution >= 4 is 0 Å². The lowest BCUT2D eigenvalue weighted by Gasteiger charge is -2.20. The van der Waals surface area contributed by atoms with E-state index in [9.17, 15) is 5.11 Å². The van der Waals surface area contributed by atoms with Crippen molar-refractivity contribution < 1.29 is 24.1 Å². The van der Waals surface area contributed by atoms with E-state index < -0.39 is 12.4 Å². The van der Waals surface area contributed by atoms with Gasteiger partial charge in [-0.1, -0.05) is 78.9 Å². The average Bonchev–Trinajstić information content (AvgIpc) is 2.95. The Morgan fingerprint density at radius 2 is 1.16 bits per heavy atom. The Kier molecular flexibility index (Phi) is 9.72. The maximum absolute atomic E-state index is 11.2. The van der Waals surface area contributed by atoms with E-state index in [0.29, 0.717) is 26.1 Å². The number of hydrogen-bond donors (Lipinski definition) is 1. The molecule has 5 nitrogen and oxygen atoms in total. The number of hydrogen-bond acceptors (Lipinski definition) is 5. The van der Waals surface area contributed by atoms with Crippen LogP contribution in [0.2, 0.25) is 0 Å². The highest BCUT2D eigenvalue weighted by Gasteiger charge is 2.18. The van der Waals surface area contributed by atoms with Crippen molar-refractivity contribution in [1.82, 2.24) is 0 Å². The number of aliphatic hydroxyl groups is 1. The zero-order chi connectivity index (χ0) is 25.9. The zero-order valence-corrected chi connectivity index (χ0v) is 21.4. The van der Waals surface area contributed by atoms with Crippen molar-refractivity contribution in [1.29, 1.82) is 0 Å². The van der Waals surface area contributed by atoms with Crippen LogP contribution in [0.5, 0.6) is 11.5 Å². The molecule has 0 saturated carbocycles. The molecule has 4 aromatic carbocycles. The van der Waals surface area contributed by atoms with Gasteiger partial charge >= 0.3 is 0 Å². The second-order valence-corrected chi connectivity index (χ2v) is 8.88. The van der Waals surface area contributed by atoms with Crippen LogP contribution in [0.1, 0.15) is 33.9 Å². The molecule has 0 heterocycles. The third-order valence-electron chi connectivity index (χ3n) is 6.21. The third kappa shape index (κ3) is 7.92. The molecule has 192 valence electrons. The summed E-state index contributed by atoms with van der Waals surface area (Å²) in [5, 5.41) is 11.2. The molecule has 0 aromatic heterocycles. The number of rotatable bonds is 13. The van der Waals surface area contributed by atoms with Gasteiger partial charge in [0.1, 0.15) is 24.7 Å². The summed E-state index contributed by atoms with van der Waals surface area (Å²) in [7, 11) is 3.22. The molecule has 0 saturated heterocycles. The summed E-state index contributed by atoms with van der Waals surface area (Å²) in [6, 6.07) is 33.8. The fourth-order valence-electron chi connectivity index (χ4n) is 4.19. The SMILES string of the molecule is COC(Cc1cc(OCc2ccccc2)ccc1[C@@H](O)Cc1cccc(OCc2ccccc2)c1)OC. The Morgan fingerprint density at radius 1 is 0.595 bits per heavy atom. The van der Waals surface area contributed by atoms with E-state index in [-0.39, 0.29) is 0 Å². The molecule has 0 radical (unpaired) electrons. The fraction of sp³-hybridized carbons (Fsp3) is 0.250. The summed E-state index contributed by atoms with van der Waals surface area (Å²) in [6.07, 6.45) is -0.200. The van der Waals surface area contributed by atoms with E-state index in [1.165, 1.54) is 0 Å². The van der Waals surface area contributed by atoms with Gasteiger partial charge in [-0.05, 0) is 52.1 Å². The number of aliphatic hydroxyl groups excluding tert-OH is 1. The Bertz CT molecular complexity index is 1220. The average molecular weight is 499 g/mol. The Morgan fingerprint density at radius 3 is 1.76 bits per heavy atom. The molecule has 37 heavy (non-hydrogen) atoms. The quantitative estimate of drug-likeness (QED) is 0.220. The van der Waals surface area contributed by atoms with Crippen molar-refractivity contribution in [2.75, 3.05) is 14.2 Å². The van der Waals surface area contributed by atoms with Crippen molar-refractivity contribution in [2.24, 2.45) is 0 Å². The highest BCUT2D eigenvalue weighted by atomic mass is 16.7. The lowest BCUT2D eigenvalue weighted by molar-refractivity contribution is -0.100. The topological polar surface area (TPSA) is 57.2 Å². The number of ether oxygens (including phenoxy) is 4. The van der Waals surface area contributed by atoms with Crippen LogP contribution in [-0.2, 0) is 35.5 Å². The van der Waals surface area contributed by atoms with Gasteiger partial charge in [-0.15, -0.1) is 0 Å². The molecule has 0 amide bonds. The molecule has 5 heteroatoms. The first-order chi connectivity index (χ1) is 18.1. The zero-order valence-electron chi connectivity index (χ0n) is 21.4.